The number of β-amino-alcohol motifs (C(OH)–C–C–N with tert-alkyl or cyclic N) is 1. The molecule has 116 valence electrons. The maximum atomic E-state index is 12.7. The van der Waals surface area contributed by atoms with E-state index in [4.69, 9.17) is 5.11 Å². The first-order valence-electron chi connectivity index (χ1n) is 7.42. The number of hydrogen-bond acceptors (Lipinski definition) is 5. The van der Waals surface area contributed by atoms with Crippen LogP contribution in [0.25, 0.3) is 0 Å². The van der Waals surface area contributed by atoms with Gasteiger partial charge in [-0.3, -0.25) is 14.7 Å². The van der Waals surface area contributed by atoms with Crippen molar-refractivity contribution >= 4 is 11.6 Å². The summed E-state index contributed by atoms with van der Waals surface area (Å²) in [7, 11) is 1.82. The lowest BCUT2D eigenvalue weighted by atomic mass is 10.1. The van der Waals surface area contributed by atoms with Gasteiger partial charge in [0.15, 0.2) is 0 Å². The molecule has 2 rings (SSSR count). The molecule has 1 aliphatic rings. The van der Waals surface area contributed by atoms with Crippen molar-refractivity contribution in [1.29, 1.82) is 0 Å². The number of aromatic nitrogens is 1. The Kier molecular flexibility index (Phi) is 5.52. The number of hydrogen-bond donors (Lipinski definition) is 2. The number of rotatable bonds is 4. The largest absolute Gasteiger partial charge is 0.395 e. The Morgan fingerprint density at radius 1 is 1.38 bits per heavy atom. The van der Waals surface area contributed by atoms with Crippen molar-refractivity contribution in [2.24, 2.45) is 0 Å². The monoisotopic (exact) mass is 292 g/mol. The zero-order valence-corrected chi connectivity index (χ0v) is 12.8. The summed E-state index contributed by atoms with van der Waals surface area (Å²) in [5, 5.41) is 12.1. The van der Waals surface area contributed by atoms with Crippen LogP contribution in [0.2, 0.25) is 0 Å². The summed E-state index contributed by atoms with van der Waals surface area (Å²) >= 11 is 0. The summed E-state index contributed by atoms with van der Waals surface area (Å²) in [5.74, 6) is 0.0256. The Labute approximate surface area is 125 Å². The van der Waals surface area contributed by atoms with Crippen molar-refractivity contribution in [2.45, 2.75) is 13.3 Å². The molecule has 21 heavy (non-hydrogen) atoms. The van der Waals surface area contributed by atoms with Crippen LogP contribution in [0.3, 0.4) is 0 Å². The number of aliphatic hydroxyl groups excluding tert-OH is 1. The number of carbonyl (C=O) groups is 1. The van der Waals surface area contributed by atoms with Crippen molar-refractivity contribution in [1.82, 2.24) is 14.8 Å². The number of aliphatic hydroxyl groups is 1. The van der Waals surface area contributed by atoms with E-state index in [2.05, 4.69) is 15.2 Å². The lowest BCUT2D eigenvalue weighted by Crippen LogP contribution is -2.36. The predicted octanol–water partition coefficient (Wildman–Crippen LogP) is 0.572. The summed E-state index contributed by atoms with van der Waals surface area (Å²) in [4.78, 5) is 21.0. The van der Waals surface area contributed by atoms with Gasteiger partial charge >= 0.3 is 0 Å². The van der Waals surface area contributed by atoms with Gasteiger partial charge in [0.2, 0.25) is 0 Å². The minimum atomic E-state index is 0.0256. The van der Waals surface area contributed by atoms with E-state index in [9.17, 15) is 4.79 Å². The second-order valence-corrected chi connectivity index (χ2v) is 5.33. The number of aryl methyl sites for hydroxylation is 1. The first-order chi connectivity index (χ1) is 10.2. The molecule has 0 radical (unpaired) electrons. The fourth-order valence-electron chi connectivity index (χ4n) is 2.65. The minimum Gasteiger partial charge on any atom is -0.395 e. The molecule has 0 unspecified atom stereocenters. The summed E-state index contributed by atoms with van der Waals surface area (Å²) in [5.41, 5.74) is 2.34. The zero-order valence-electron chi connectivity index (χ0n) is 12.8. The van der Waals surface area contributed by atoms with E-state index in [1.807, 2.05) is 24.9 Å². The van der Waals surface area contributed by atoms with Crippen LogP contribution in [0.15, 0.2) is 12.3 Å². The third kappa shape index (κ3) is 3.92. The normalized spacial score (nSPS) is 16.6. The summed E-state index contributed by atoms with van der Waals surface area (Å²) in [6, 6.07) is 1.89. The maximum absolute atomic E-state index is 12.7. The van der Waals surface area contributed by atoms with E-state index in [-0.39, 0.29) is 12.5 Å². The highest BCUT2D eigenvalue weighted by Gasteiger charge is 2.22. The van der Waals surface area contributed by atoms with Gasteiger partial charge in [0.05, 0.1) is 17.9 Å². The minimum absolute atomic E-state index is 0.0256. The van der Waals surface area contributed by atoms with E-state index in [0.29, 0.717) is 18.7 Å². The second-order valence-electron chi connectivity index (χ2n) is 5.33. The van der Waals surface area contributed by atoms with Crippen molar-refractivity contribution in [3.8, 4) is 0 Å². The third-order valence-corrected chi connectivity index (χ3v) is 3.83. The number of nitrogens with zero attached hydrogens (tertiary/aromatic N) is 3. The van der Waals surface area contributed by atoms with Crippen LogP contribution < -0.4 is 5.32 Å². The summed E-state index contributed by atoms with van der Waals surface area (Å²) in [6.45, 7) is 5.92. The lowest BCUT2D eigenvalue weighted by Gasteiger charge is -2.22. The van der Waals surface area contributed by atoms with E-state index in [1.165, 1.54) is 0 Å². The van der Waals surface area contributed by atoms with Crippen molar-refractivity contribution < 1.29 is 9.90 Å². The highest BCUT2D eigenvalue weighted by Crippen LogP contribution is 2.18. The molecule has 0 bridgehead atoms. The Bertz CT molecular complexity index is 493. The topological polar surface area (TPSA) is 68.7 Å². The number of anilines is 1. The summed E-state index contributed by atoms with van der Waals surface area (Å²) < 4.78 is 0. The average molecular weight is 292 g/mol. The molecule has 6 nitrogen and oxygen atoms in total. The standard InChI is InChI=1S/C15H24N4O2/c1-12-10-14(16-2)13(11-17-12)15(21)19-5-3-4-18(6-7-19)8-9-20/h10-11,20H,3-9H2,1-2H3,(H,16,17). The van der Waals surface area contributed by atoms with Crippen LogP contribution in [0.1, 0.15) is 22.5 Å². The first kappa shape index (κ1) is 15.7. The van der Waals surface area contributed by atoms with Gasteiger partial charge in [0.25, 0.3) is 5.91 Å². The maximum Gasteiger partial charge on any atom is 0.257 e. The summed E-state index contributed by atoms with van der Waals surface area (Å²) in [6.07, 6.45) is 2.58. The number of pyridine rings is 1. The number of carbonyl (C=O) groups excluding carboxylic acids is 1. The van der Waals surface area contributed by atoms with Gasteiger partial charge in [-0.15, -0.1) is 0 Å². The molecule has 1 aromatic heterocycles. The fourth-order valence-corrected chi connectivity index (χ4v) is 2.65. The Hall–Kier alpha value is -1.66. The smallest absolute Gasteiger partial charge is 0.257 e. The molecule has 0 spiro atoms. The van der Waals surface area contributed by atoms with Crippen LogP contribution in [-0.4, -0.2) is 72.2 Å². The van der Waals surface area contributed by atoms with Crippen LogP contribution in [-0.2, 0) is 0 Å². The highest BCUT2D eigenvalue weighted by molar-refractivity contribution is 5.99. The van der Waals surface area contributed by atoms with Gasteiger partial charge in [-0.1, -0.05) is 0 Å². The average Bonchev–Trinajstić information content (AvgIpc) is 2.72. The lowest BCUT2D eigenvalue weighted by molar-refractivity contribution is 0.0761. The molecule has 1 aromatic rings. The van der Waals surface area contributed by atoms with Crippen molar-refractivity contribution in [2.75, 3.05) is 51.7 Å². The van der Waals surface area contributed by atoms with Gasteiger partial charge in [0.1, 0.15) is 0 Å². The molecule has 0 saturated carbocycles. The van der Waals surface area contributed by atoms with Crippen LogP contribution >= 0.6 is 0 Å². The van der Waals surface area contributed by atoms with Crippen LogP contribution in [0.5, 0.6) is 0 Å². The second kappa shape index (κ2) is 7.38. The Morgan fingerprint density at radius 2 is 2.19 bits per heavy atom. The quantitative estimate of drug-likeness (QED) is 0.849. The van der Waals surface area contributed by atoms with Gasteiger partial charge in [-0.05, 0) is 26.0 Å². The molecule has 0 aliphatic carbocycles. The molecule has 2 heterocycles. The van der Waals surface area contributed by atoms with Gasteiger partial charge in [-0.2, -0.15) is 0 Å². The van der Waals surface area contributed by atoms with E-state index >= 15 is 0 Å². The molecule has 1 fully saturated rings. The van der Waals surface area contributed by atoms with Gasteiger partial charge in [0, 0.05) is 45.1 Å². The van der Waals surface area contributed by atoms with Crippen LogP contribution in [0, 0.1) is 6.92 Å². The van der Waals surface area contributed by atoms with Gasteiger partial charge < -0.3 is 15.3 Å². The predicted molar refractivity (Wildman–Crippen MR) is 82.6 cm³/mol. The molecule has 1 amide bonds. The van der Waals surface area contributed by atoms with Gasteiger partial charge in [-0.25, -0.2) is 0 Å². The molecule has 2 N–H and O–H groups in total. The molecular weight excluding hydrogens is 268 g/mol. The van der Waals surface area contributed by atoms with E-state index < -0.39 is 0 Å². The Balaban J connectivity index is 2.09. The molecular formula is C15H24N4O2. The molecule has 1 aliphatic heterocycles. The number of amides is 1. The molecule has 0 atom stereocenters. The third-order valence-electron chi connectivity index (χ3n) is 3.83. The molecule has 6 heteroatoms. The number of nitrogens with one attached hydrogen (secondary N) is 1. The Morgan fingerprint density at radius 3 is 2.90 bits per heavy atom. The van der Waals surface area contributed by atoms with Crippen LogP contribution in [0.4, 0.5) is 5.69 Å². The SMILES string of the molecule is CNc1cc(C)ncc1C(=O)N1CCCN(CCO)CC1. The molecule has 0 aromatic carbocycles. The van der Waals surface area contributed by atoms with Crippen molar-refractivity contribution in [3.63, 3.8) is 0 Å². The highest BCUT2D eigenvalue weighted by atomic mass is 16.3. The molecule has 1 saturated heterocycles. The first-order valence-corrected chi connectivity index (χ1v) is 7.42. The van der Waals surface area contributed by atoms with Crippen molar-refractivity contribution in [3.05, 3.63) is 23.5 Å². The zero-order chi connectivity index (χ0) is 15.2. The van der Waals surface area contributed by atoms with E-state index in [0.717, 1.165) is 37.4 Å². The van der Waals surface area contributed by atoms with E-state index in [1.54, 1.807) is 6.20 Å². The fraction of sp³-hybridized carbons (Fsp3) is 0.600.